The van der Waals surface area contributed by atoms with Gasteiger partial charge in [0.05, 0.1) is 0 Å². The van der Waals surface area contributed by atoms with Crippen LogP contribution in [-0.4, -0.2) is 63.6 Å². The van der Waals surface area contributed by atoms with E-state index in [0.717, 1.165) is 0 Å². The summed E-state index contributed by atoms with van der Waals surface area (Å²) in [6.07, 6.45) is 0. The average Bonchev–Trinajstić information content (AvgIpc) is 0.722. The van der Waals surface area contributed by atoms with Gasteiger partial charge in [0, 0.05) is 26.2 Å². The topological polar surface area (TPSA) is 77.8 Å². The summed E-state index contributed by atoms with van der Waals surface area (Å²) in [6.45, 7) is 0. The summed E-state index contributed by atoms with van der Waals surface area (Å²) < 4.78 is 8.88. The van der Waals surface area contributed by atoms with Crippen LogP contribution in [0.1, 0.15) is 2.85 Å². The second-order valence-corrected chi connectivity index (χ2v) is 1.54. The Morgan fingerprint density at radius 1 is 1.29 bits per heavy atom. The third kappa shape index (κ3) is 56.1. The monoisotopic (exact) mass is 328 g/mol. The maximum atomic E-state index is 8.88. The molecule has 0 saturated carbocycles. The van der Waals surface area contributed by atoms with Crippen LogP contribution in [0.4, 0.5) is 0 Å². The third-order valence-electron chi connectivity index (χ3n) is 0. The van der Waals surface area contributed by atoms with Crippen molar-refractivity contribution >= 4 is 56.7 Å². The largest absolute Gasteiger partial charge is 2.00 e. The average molecular weight is 329 g/mol. The Hall–Kier alpha value is 2.56. The van der Waals surface area contributed by atoms with Crippen LogP contribution < -0.4 is 0 Å². The van der Waals surface area contributed by atoms with Gasteiger partial charge in [-0.1, -0.05) is 0 Å². The van der Waals surface area contributed by atoms with E-state index in [1.165, 1.54) is 0 Å². The Balaban J connectivity index is -0.0000000133. The van der Waals surface area contributed by atoms with Crippen molar-refractivity contribution in [3.05, 3.63) is 0 Å². The van der Waals surface area contributed by atoms with Crippen molar-refractivity contribution in [2.24, 2.45) is 0 Å². The van der Waals surface area contributed by atoms with Crippen LogP contribution in [0.5, 0.6) is 0 Å². The van der Waals surface area contributed by atoms with Crippen molar-refractivity contribution in [1.29, 1.82) is 0 Å². The molecule has 0 amide bonds. The zero-order chi connectivity index (χ0) is 4.50. The van der Waals surface area contributed by atoms with E-state index in [0.29, 0.717) is 0 Å². The third-order valence-corrected chi connectivity index (χ3v) is 0. The Morgan fingerprint density at radius 3 is 1.29 bits per heavy atom. The van der Waals surface area contributed by atoms with Gasteiger partial charge < -0.3 is 17.5 Å². The molecule has 0 fully saturated rings. The normalized spacial score (nSPS) is 8.43. The molecule has 0 unspecified atom stereocenters. The molecule has 3 N–H and O–H groups in total. The first-order valence-corrected chi connectivity index (χ1v) is 2.35. The van der Waals surface area contributed by atoms with E-state index in [1.807, 2.05) is 0 Å². The minimum atomic E-state index is -4.64. The zero-order valence-electron chi connectivity index (χ0n) is 5.40. The molecule has 0 rings (SSSR count). The second-order valence-electron chi connectivity index (χ2n) is 0.513. The Bertz CT molecular complexity index is 64.7. The molecule has 0 atom stereocenters. The molecular weight excluding hydrogens is 324 g/mol. The number of rotatable bonds is 0. The standard InChI is InChI=1S/Ba.H3O4P.Zr.2H/c;1-5(2,3)4;;;/h;(H3,1,2,3,4);;;/q+2;;;2*-1. The number of hydrogen-bond donors (Lipinski definition) is 3. The van der Waals surface area contributed by atoms with E-state index in [4.69, 9.17) is 19.2 Å². The molecule has 0 aromatic rings. The van der Waals surface area contributed by atoms with Crippen molar-refractivity contribution in [2.45, 2.75) is 0 Å². The van der Waals surface area contributed by atoms with Gasteiger partial charge in [0.2, 0.25) is 0 Å². The van der Waals surface area contributed by atoms with Crippen molar-refractivity contribution in [3.8, 4) is 0 Å². The minimum Gasteiger partial charge on any atom is -1.00 e. The van der Waals surface area contributed by atoms with Gasteiger partial charge in [-0.15, -0.1) is 0 Å². The molecule has 7 heteroatoms. The van der Waals surface area contributed by atoms with Gasteiger partial charge in [0.1, 0.15) is 0 Å². The van der Waals surface area contributed by atoms with Crippen molar-refractivity contribution in [1.82, 2.24) is 0 Å². The fourth-order valence-electron chi connectivity index (χ4n) is 0. The minimum absolute atomic E-state index is 0. The van der Waals surface area contributed by atoms with Crippen molar-refractivity contribution in [3.63, 3.8) is 0 Å². The molecule has 0 bridgehead atoms. The van der Waals surface area contributed by atoms with Gasteiger partial charge in [-0.2, -0.15) is 0 Å². The van der Waals surface area contributed by atoms with Crippen LogP contribution in [0.15, 0.2) is 0 Å². The summed E-state index contributed by atoms with van der Waals surface area (Å²) in [7, 11) is -4.64. The van der Waals surface area contributed by atoms with Crippen molar-refractivity contribution in [2.75, 3.05) is 0 Å². The van der Waals surface area contributed by atoms with E-state index in [9.17, 15) is 0 Å². The van der Waals surface area contributed by atoms with Gasteiger partial charge in [-0.3, -0.25) is 0 Å². The van der Waals surface area contributed by atoms with Gasteiger partial charge in [0.25, 0.3) is 0 Å². The molecule has 0 aliphatic rings. The first-order valence-electron chi connectivity index (χ1n) is 0.783. The summed E-state index contributed by atoms with van der Waals surface area (Å²) in [5.41, 5.74) is 0. The molecule has 7 heavy (non-hydrogen) atoms. The zero-order valence-corrected chi connectivity index (χ0v) is 11.2. The van der Waals surface area contributed by atoms with Crippen LogP contribution in [0.25, 0.3) is 0 Å². The molecule has 4 nitrogen and oxygen atoms in total. The molecule has 0 aromatic heterocycles. The Kier molecular flexibility index (Phi) is 15.5. The summed E-state index contributed by atoms with van der Waals surface area (Å²) in [4.78, 5) is 21.6. The molecule has 0 aromatic carbocycles. The van der Waals surface area contributed by atoms with Gasteiger partial charge in [-0.05, 0) is 0 Å². The first-order chi connectivity index (χ1) is 2.00. The van der Waals surface area contributed by atoms with Crippen LogP contribution in [0.3, 0.4) is 0 Å². The smallest absolute Gasteiger partial charge is 1.00 e. The van der Waals surface area contributed by atoms with E-state index < -0.39 is 7.82 Å². The predicted molar refractivity (Wildman–Crippen MR) is 22.2 cm³/mol. The summed E-state index contributed by atoms with van der Waals surface area (Å²) in [5, 5.41) is 0. The van der Waals surface area contributed by atoms with Crippen LogP contribution in [0, 0.1) is 0 Å². The summed E-state index contributed by atoms with van der Waals surface area (Å²) >= 11 is 0. The molecule has 40 valence electrons. The fourth-order valence-corrected chi connectivity index (χ4v) is 0. The van der Waals surface area contributed by atoms with Gasteiger partial charge in [0.15, 0.2) is 0 Å². The van der Waals surface area contributed by atoms with Crippen LogP contribution >= 0.6 is 7.82 Å². The quantitative estimate of drug-likeness (QED) is 0.390. The van der Waals surface area contributed by atoms with Crippen molar-refractivity contribution < 1.29 is 48.3 Å². The predicted octanol–water partition coefficient (Wildman–Crippen LogP) is -1.09. The molecular formula is H5BaO4PZr. The fraction of sp³-hybridized carbons (Fsp3) is 0. The SMILES string of the molecule is O=P(O)(O)O.[Ba+2].[H-].[H-].[Zr]. The number of phosphoric acid groups is 1. The molecule has 0 radical (unpaired) electrons. The van der Waals surface area contributed by atoms with E-state index >= 15 is 0 Å². The Labute approximate surface area is 103 Å². The first kappa shape index (κ1) is 16.3. The number of hydrogen-bond acceptors (Lipinski definition) is 1. The molecule has 0 spiro atoms. The van der Waals surface area contributed by atoms with Gasteiger partial charge >= 0.3 is 56.7 Å². The van der Waals surface area contributed by atoms with E-state index in [2.05, 4.69) is 0 Å². The maximum absolute atomic E-state index is 8.88. The summed E-state index contributed by atoms with van der Waals surface area (Å²) in [6, 6.07) is 0. The van der Waals surface area contributed by atoms with E-state index in [1.54, 1.807) is 0 Å². The molecule has 0 saturated heterocycles. The molecule has 0 aliphatic carbocycles. The maximum Gasteiger partial charge on any atom is 2.00 e. The molecule has 0 heterocycles. The van der Waals surface area contributed by atoms with Gasteiger partial charge in [-0.25, -0.2) is 4.57 Å². The van der Waals surface area contributed by atoms with E-state index in [-0.39, 0.29) is 77.9 Å². The van der Waals surface area contributed by atoms with Crippen LogP contribution in [0.2, 0.25) is 0 Å². The van der Waals surface area contributed by atoms with Crippen LogP contribution in [-0.2, 0) is 30.8 Å². The molecule has 0 aliphatic heterocycles. The summed E-state index contributed by atoms with van der Waals surface area (Å²) in [5.74, 6) is 0. The second kappa shape index (κ2) is 6.68. The Morgan fingerprint density at radius 2 is 1.29 bits per heavy atom.